The second-order valence-corrected chi connectivity index (χ2v) is 1.39. The Kier molecular flexibility index (Phi) is 3.91. The molecule has 0 saturated heterocycles. The SMILES string of the molecule is O=C[CH2][Sb]. The minimum absolute atomic E-state index is 0.689. The Labute approximate surface area is 38.9 Å². The van der Waals surface area contributed by atoms with Crippen LogP contribution in [-0.4, -0.2) is 29.3 Å². The Morgan fingerprint density at radius 1 is 2.00 bits per heavy atom. The summed E-state index contributed by atoms with van der Waals surface area (Å²) in [5.41, 5.74) is 0. The number of carbonyl (C=O) groups excluding carboxylic acids is 1. The third kappa shape index (κ3) is 2.49. The molecule has 0 amide bonds. The van der Waals surface area contributed by atoms with E-state index in [1.54, 1.807) is 0 Å². The maximum atomic E-state index is 9.19. The normalized spacial score (nSPS) is 6.25. The molecule has 1 nitrogen and oxygen atoms in total. The van der Waals surface area contributed by atoms with Gasteiger partial charge in [-0.1, -0.05) is 0 Å². The maximum absolute atomic E-state index is 9.19. The van der Waals surface area contributed by atoms with Gasteiger partial charge in [0.25, 0.3) is 0 Å². The zero-order chi connectivity index (χ0) is 3.41. The van der Waals surface area contributed by atoms with Crippen LogP contribution in [0.2, 0.25) is 4.37 Å². The molecule has 0 fully saturated rings. The van der Waals surface area contributed by atoms with E-state index in [1.165, 1.54) is 23.0 Å². The van der Waals surface area contributed by atoms with Crippen LogP contribution in [0.25, 0.3) is 0 Å². The van der Waals surface area contributed by atoms with Crippen molar-refractivity contribution in [3.8, 4) is 0 Å². The summed E-state index contributed by atoms with van der Waals surface area (Å²) in [6, 6.07) is 0. The second-order valence-electron chi connectivity index (χ2n) is 0.349. The van der Waals surface area contributed by atoms with Crippen molar-refractivity contribution >= 4 is 29.3 Å². The van der Waals surface area contributed by atoms with Crippen molar-refractivity contribution in [2.45, 2.75) is 4.37 Å². The fourth-order valence-electron chi connectivity index (χ4n) is 0. The fraction of sp³-hybridized carbons (Fsp3) is 0.500. The molecule has 0 unspecified atom stereocenters. The average molecular weight is 165 g/mol. The van der Waals surface area contributed by atoms with E-state index in [0.29, 0.717) is 4.37 Å². The minimum atomic E-state index is 0.689. The van der Waals surface area contributed by atoms with Crippen LogP contribution < -0.4 is 0 Å². The van der Waals surface area contributed by atoms with Crippen LogP contribution in [0, 0.1) is 0 Å². The summed E-state index contributed by atoms with van der Waals surface area (Å²) in [5.74, 6) is 0. The first-order valence-electron chi connectivity index (χ1n) is 0.960. The van der Waals surface area contributed by atoms with Gasteiger partial charge >= 0.3 is 38.5 Å². The van der Waals surface area contributed by atoms with Crippen LogP contribution in [0.5, 0.6) is 0 Å². The molecule has 0 aromatic rings. The number of aldehydes is 1. The summed E-state index contributed by atoms with van der Waals surface area (Å²) < 4.78 is 0.689. The Bertz CT molecular complexity index is 20.0. The zero-order valence-electron chi connectivity index (χ0n) is 2.14. The summed E-state index contributed by atoms with van der Waals surface area (Å²) in [5, 5.41) is 0. The number of carbonyl (C=O) groups is 1. The van der Waals surface area contributed by atoms with Gasteiger partial charge in [0.05, 0.1) is 0 Å². The van der Waals surface area contributed by atoms with Crippen molar-refractivity contribution in [2.24, 2.45) is 0 Å². The Morgan fingerprint density at radius 3 is 2.25 bits per heavy atom. The van der Waals surface area contributed by atoms with Gasteiger partial charge in [-0.05, 0) is 0 Å². The second kappa shape index (κ2) is 3.49. The van der Waals surface area contributed by atoms with E-state index >= 15 is 0 Å². The molecule has 0 saturated carbocycles. The molecule has 4 heavy (non-hydrogen) atoms. The monoisotopic (exact) mass is 164 g/mol. The van der Waals surface area contributed by atoms with E-state index in [1.807, 2.05) is 0 Å². The van der Waals surface area contributed by atoms with E-state index in [0.717, 1.165) is 6.29 Å². The molecular formula is C2H3OSb. The molecule has 2 radical (unpaired) electrons. The molecule has 22 valence electrons. The average Bonchev–Trinajstić information content (AvgIpc) is 1.37. The van der Waals surface area contributed by atoms with Gasteiger partial charge in [0, 0.05) is 0 Å². The van der Waals surface area contributed by atoms with Crippen LogP contribution in [0.15, 0.2) is 0 Å². The molecule has 0 aromatic heterocycles. The van der Waals surface area contributed by atoms with Crippen LogP contribution >= 0.6 is 0 Å². The summed E-state index contributed by atoms with van der Waals surface area (Å²) in [4.78, 5) is 9.19. The molecule has 0 aliphatic rings. The molecule has 0 aliphatic carbocycles. The zero-order valence-corrected chi connectivity index (χ0v) is 4.69. The van der Waals surface area contributed by atoms with Crippen molar-refractivity contribution in [3.63, 3.8) is 0 Å². The molecule has 2 heteroatoms. The van der Waals surface area contributed by atoms with Gasteiger partial charge in [0.15, 0.2) is 0 Å². The molecular weight excluding hydrogens is 162 g/mol. The predicted octanol–water partition coefficient (Wildman–Crippen LogP) is -0.228. The van der Waals surface area contributed by atoms with E-state index in [9.17, 15) is 4.79 Å². The van der Waals surface area contributed by atoms with Crippen molar-refractivity contribution in [3.05, 3.63) is 0 Å². The summed E-state index contributed by atoms with van der Waals surface area (Å²) >= 11 is 1.53. The first kappa shape index (κ1) is 4.49. The van der Waals surface area contributed by atoms with Gasteiger partial charge in [-0.2, -0.15) is 0 Å². The Balaban J connectivity index is 2.30. The topological polar surface area (TPSA) is 17.1 Å². The number of hydrogen-bond donors (Lipinski definition) is 0. The van der Waals surface area contributed by atoms with Crippen LogP contribution in [0.3, 0.4) is 0 Å². The Morgan fingerprint density at radius 2 is 2.25 bits per heavy atom. The van der Waals surface area contributed by atoms with Gasteiger partial charge in [-0.15, -0.1) is 0 Å². The molecule has 0 N–H and O–H groups in total. The number of rotatable bonds is 1. The third-order valence-electron chi connectivity index (χ3n) is 0.0745. The van der Waals surface area contributed by atoms with E-state index in [-0.39, 0.29) is 0 Å². The summed E-state index contributed by atoms with van der Waals surface area (Å²) in [6.07, 6.45) is 0.897. The Hall–Kier alpha value is 0.488. The van der Waals surface area contributed by atoms with Crippen LogP contribution in [0.4, 0.5) is 0 Å². The molecule has 0 aliphatic heterocycles. The van der Waals surface area contributed by atoms with E-state index < -0.39 is 0 Å². The first-order chi connectivity index (χ1) is 1.91. The standard InChI is InChI=1S/C2H3O.Sb/c1-2-3;/h2H,1H2;. The van der Waals surface area contributed by atoms with Gasteiger partial charge in [-0.25, -0.2) is 0 Å². The van der Waals surface area contributed by atoms with Crippen molar-refractivity contribution < 1.29 is 4.79 Å². The molecule has 0 bridgehead atoms. The van der Waals surface area contributed by atoms with Gasteiger partial charge < -0.3 is 0 Å². The van der Waals surface area contributed by atoms with Crippen LogP contribution in [-0.2, 0) is 4.79 Å². The molecule has 0 rings (SSSR count). The fourth-order valence-corrected chi connectivity index (χ4v) is 0. The summed E-state index contributed by atoms with van der Waals surface area (Å²) in [7, 11) is 0. The van der Waals surface area contributed by atoms with Gasteiger partial charge in [0.2, 0.25) is 0 Å². The first-order valence-corrected chi connectivity index (χ1v) is 2.77. The quantitative estimate of drug-likeness (QED) is 0.387. The van der Waals surface area contributed by atoms with Crippen molar-refractivity contribution in [1.29, 1.82) is 0 Å². The van der Waals surface area contributed by atoms with E-state index in [2.05, 4.69) is 0 Å². The summed E-state index contributed by atoms with van der Waals surface area (Å²) in [6.45, 7) is 0. The number of hydrogen-bond acceptors (Lipinski definition) is 1. The van der Waals surface area contributed by atoms with Gasteiger partial charge in [-0.3, -0.25) is 0 Å². The third-order valence-corrected chi connectivity index (χ3v) is 0.500. The molecule has 0 spiro atoms. The van der Waals surface area contributed by atoms with Crippen LogP contribution in [0.1, 0.15) is 0 Å². The molecule has 0 heterocycles. The molecule has 0 aromatic carbocycles. The van der Waals surface area contributed by atoms with E-state index in [4.69, 9.17) is 0 Å². The molecule has 0 atom stereocenters. The van der Waals surface area contributed by atoms with Crippen molar-refractivity contribution in [1.82, 2.24) is 0 Å². The van der Waals surface area contributed by atoms with Crippen molar-refractivity contribution in [2.75, 3.05) is 0 Å². The predicted molar refractivity (Wildman–Crippen MR) is 16.6 cm³/mol. The van der Waals surface area contributed by atoms with Gasteiger partial charge in [0.1, 0.15) is 0 Å².